The number of furan rings is 1. The lowest BCUT2D eigenvalue weighted by Gasteiger charge is -2.13. The lowest BCUT2D eigenvalue weighted by atomic mass is 10.0. The molecule has 0 saturated carbocycles. The third kappa shape index (κ3) is 2.44. The van der Waals surface area contributed by atoms with Crippen molar-refractivity contribution in [2.45, 2.75) is 25.6 Å². The van der Waals surface area contributed by atoms with E-state index in [0.29, 0.717) is 22.3 Å². The van der Waals surface area contributed by atoms with Crippen molar-refractivity contribution in [3.8, 4) is 0 Å². The highest BCUT2D eigenvalue weighted by Gasteiger charge is 2.32. The molecule has 17 heavy (non-hydrogen) atoms. The molecule has 2 rings (SSSR count). The van der Waals surface area contributed by atoms with Gasteiger partial charge >= 0.3 is 6.18 Å². The zero-order chi connectivity index (χ0) is 12.6. The molecule has 0 amide bonds. The number of halogens is 3. The molecule has 2 nitrogen and oxygen atoms in total. The van der Waals surface area contributed by atoms with Crippen LogP contribution in [0.1, 0.15) is 23.8 Å². The van der Waals surface area contributed by atoms with Gasteiger partial charge < -0.3 is 10.2 Å². The maximum absolute atomic E-state index is 12.3. The van der Waals surface area contributed by atoms with Gasteiger partial charge in [0.1, 0.15) is 11.3 Å². The second-order valence-electron chi connectivity index (χ2n) is 3.99. The van der Waals surface area contributed by atoms with Crippen LogP contribution in [0.5, 0.6) is 0 Å². The molecule has 5 heteroatoms. The smallest absolute Gasteiger partial charge is 0.390 e. The number of fused-ring (bicyclic) bond motifs is 1. The van der Waals surface area contributed by atoms with Gasteiger partial charge in [0.05, 0.1) is 6.42 Å². The lowest BCUT2D eigenvalue weighted by molar-refractivity contribution is -0.138. The van der Waals surface area contributed by atoms with Crippen molar-refractivity contribution in [3.05, 3.63) is 35.6 Å². The zero-order valence-electron chi connectivity index (χ0n) is 9.21. The molecule has 92 valence electrons. The summed E-state index contributed by atoms with van der Waals surface area (Å²) in [4.78, 5) is 0. The molecule has 1 heterocycles. The van der Waals surface area contributed by atoms with Crippen LogP contribution in [0.3, 0.4) is 0 Å². The number of hydrogen-bond acceptors (Lipinski definition) is 2. The van der Waals surface area contributed by atoms with E-state index >= 15 is 0 Å². The molecule has 0 bridgehead atoms. The van der Waals surface area contributed by atoms with E-state index in [2.05, 4.69) is 0 Å². The maximum atomic E-state index is 12.3. The van der Waals surface area contributed by atoms with Crippen LogP contribution in [-0.4, -0.2) is 6.18 Å². The Balaban J connectivity index is 2.44. The van der Waals surface area contributed by atoms with Gasteiger partial charge in [-0.15, -0.1) is 0 Å². The van der Waals surface area contributed by atoms with Crippen molar-refractivity contribution in [2.24, 2.45) is 5.73 Å². The Morgan fingerprint density at radius 2 is 1.94 bits per heavy atom. The molecule has 0 fully saturated rings. The van der Waals surface area contributed by atoms with Gasteiger partial charge in [0, 0.05) is 17.0 Å². The van der Waals surface area contributed by atoms with Gasteiger partial charge in [-0.2, -0.15) is 13.2 Å². The summed E-state index contributed by atoms with van der Waals surface area (Å²) < 4.78 is 42.3. The molecule has 1 aromatic heterocycles. The largest absolute Gasteiger partial charge is 0.461 e. The average molecular weight is 243 g/mol. The number of nitrogens with two attached hydrogens (primary N) is 1. The predicted molar refractivity (Wildman–Crippen MR) is 58.6 cm³/mol. The minimum absolute atomic E-state index is 0.443. The van der Waals surface area contributed by atoms with E-state index in [1.165, 1.54) is 0 Å². The SMILES string of the molecule is Cc1oc2ccccc2c1[C@H](N)CC(F)(F)F. The van der Waals surface area contributed by atoms with Crippen LogP contribution in [0.15, 0.2) is 28.7 Å². The monoisotopic (exact) mass is 243 g/mol. The van der Waals surface area contributed by atoms with Crippen molar-refractivity contribution in [2.75, 3.05) is 0 Å². The minimum Gasteiger partial charge on any atom is -0.461 e. The van der Waals surface area contributed by atoms with Crippen LogP contribution in [0.4, 0.5) is 13.2 Å². The summed E-state index contributed by atoms with van der Waals surface area (Å²) in [5, 5.41) is 0.654. The molecule has 2 aromatic rings. The van der Waals surface area contributed by atoms with Crippen molar-refractivity contribution in [1.29, 1.82) is 0 Å². The summed E-state index contributed by atoms with van der Waals surface area (Å²) in [7, 11) is 0. The number of aryl methyl sites for hydroxylation is 1. The Hall–Kier alpha value is -1.49. The Kier molecular flexibility index (Phi) is 2.87. The minimum atomic E-state index is -4.27. The molecule has 0 spiro atoms. The lowest BCUT2D eigenvalue weighted by Crippen LogP contribution is -2.20. The highest BCUT2D eigenvalue weighted by Crippen LogP contribution is 2.34. The van der Waals surface area contributed by atoms with E-state index in [-0.39, 0.29) is 0 Å². The van der Waals surface area contributed by atoms with Gasteiger partial charge in [0.2, 0.25) is 0 Å². The van der Waals surface area contributed by atoms with Crippen LogP contribution < -0.4 is 5.73 Å². The highest BCUT2D eigenvalue weighted by atomic mass is 19.4. The summed E-state index contributed by atoms with van der Waals surface area (Å²) >= 11 is 0. The Bertz CT molecular complexity index is 530. The molecule has 0 radical (unpaired) electrons. The first-order valence-electron chi connectivity index (χ1n) is 5.19. The van der Waals surface area contributed by atoms with Gasteiger partial charge in [0.25, 0.3) is 0 Å². The third-order valence-corrected chi connectivity index (χ3v) is 2.64. The first kappa shape index (κ1) is 12.0. The number of para-hydroxylation sites is 1. The van der Waals surface area contributed by atoms with Gasteiger partial charge in [-0.25, -0.2) is 0 Å². The number of alkyl halides is 3. The molecule has 0 saturated heterocycles. The second-order valence-corrected chi connectivity index (χ2v) is 3.99. The molecule has 1 aromatic carbocycles. The van der Waals surface area contributed by atoms with E-state index < -0.39 is 18.6 Å². The summed E-state index contributed by atoms with van der Waals surface area (Å²) in [6.45, 7) is 1.63. The van der Waals surface area contributed by atoms with Crippen LogP contribution in [-0.2, 0) is 0 Å². The molecular formula is C12H12F3NO. The van der Waals surface area contributed by atoms with Gasteiger partial charge in [-0.1, -0.05) is 18.2 Å². The predicted octanol–water partition coefficient (Wildman–Crippen LogP) is 3.69. The fourth-order valence-corrected chi connectivity index (χ4v) is 2.00. The number of rotatable bonds is 2. The van der Waals surface area contributed by atoms with Crippen LogP contribution >= 0.6 is 0 Å². The fourth-order valence-electron chi connectivity index (χ4n) is 2.00. The van der Waals surface area contributed by atoms with E-state index in [4.69, 9.17) is 10.2 Å². The summed E-state index contributed by atoms with van der Waals surface area (Å²) in [6, 6.07) is 5.87. The molecule has 1 atom stereocenters. The summed E-state index contributed by atoms with van der Waals surface area (Å²) in [6.07, 6.45) is -5.32. The van der Waals surface area contributed by atoms with E-state index in [9.17, 15) is 13.2 Å². The fraction of sp³-hybridized carbons (Fsp3) is 0.333. The Morgan fingerprint density at radius 3 is 2.59 bits per heavy atom. The van der Waals surface area contributed by atoms with Crippen molar-refractivity contribution < 1.29 is 17.6 Å². The van der Waals surface area contributed by atoms with Crippen LogP contribution in [0.25, 0.3) is 11.0 Å². The van der Waals surface area contributed by atoms with Crippen molar-refractivity contribution in [1.82, 2.24) is 0 Å². The number of benzene rings is 1. The molecule has 2 N–H and O–H groups in total. The number of hydrogen-bond donors (Lipinski definition) is 1. The zero-order valence-corrected chi connectivity index (χ0v) is 9.21. The topological polar surface area (TPSA) is 39.2 Å². The van der Waals surface area contributed by atoms with Crippen molar-refractivity contribution in [3.63, 3.8) is 0 Å². The maximum Gasteiger partial charge on any atom is 0.390 e. The highest BCUT2D eigenvalue weighted by molar-refractivity contribution is 5.82. The standard InChI is InChI=1S/C12H12F3NO/c1-7-11(9(16)6-12(13,14)15)8-4-2-3-5-10(8)17-7/h2-5,9H,6,16H2,1H3/t9-/m1/s1. The second kappa shape index (κ2) is 4.07. The Morgan fingerprint density at radius 1 is 1.29 bits per heavy atom. The van der Waals surface area contributed by atoms with Gasteiger partial charge in [-0.3, -0.25) is 0 Å². The van der Waals surface area contributed by atoms with Gasteiger partial charge in [-0.05, 0) is 13.0 Å². The molecule has 0 unspecified atom stereocenters. The quantitative estimate of drug-likeness (QED) is 0.873. The first-order valence-corrected chi connectivity index (χ1v) is 5.19. The molecular weight excluding hydrogens is 231 g/mol. The summed E-state index contributed by atoms with van der Waals surface area (Å²) in [5.74, 6) is 0.447. The van der Waals surface area contributed by atoms with Gasteiger partial charge in [0.15, 0.2) is 0 Å². The average Bonchev–Trinajstić information content (AvgIpc) is 2.50. The first-order chi connectivity index (χ1) is 7.88. The molecule has 0 aliphatic carbocycles. The third-order valence-electron chi connectivity index (χ3n) is 2.64. The summed E-state index contributed by atoms with van der Waals surface area (Å²) in [5.41, 5.74) is 6.62. The van der Waals surface area contributed by atoms with Crippen molar-refractivity contribution >= 4 is 11.0 Å². The van der Waals surface area contributed by atoms with Crippen LogP contribution in [0, 0.1) is 6.92 Å². The molecule has 0 aliphatic rings. The van der Waals surface area contributed by atoms with E-state index in [1.54, 1.807) is 31.2 Å². The van der Waals surface area contributed by atoms with E-state index in [0.717, 1.165) is 0 Å². The molecule has 0 aliphatic heterocycles. The van der Waals surface area contributed by atoms with Crippen LogP contribution in [0.2, 0.25) is 0 Å². The Labute approximate surface area is 96.2 Å². The van der Waals surface area contributed by atoms with E-state index in [1.807, 2.05) is 0 Å². The normalized spacial score (nSPS) is 14.2.